The molecule has 0 saturated carbocycles. The molecule has 0 fully saturated rings. The van der Waals surface area contributed by atoms with Crippen LogP contribution in [0.15, 0.2) is 24.4 Å². The maximum Gasteiger partial charge on any atom is 0.223 e. The van der Waals surface area contributed by atoms with Crippen LogP contribution in [0.2, 0.25) is 0 Å². The second-order valence-electron chi connectivity index (χ2n) is 4.70. The zero-order valence-corrected chi connectivity index (χ0v) is 11.7. The molecular weight excluding hydrogens is 240 g/mol. The standard InChI is InChI=1S/C14H20N4O/c1-4-8-18-13(10-16(2)17(3)11-19)9-12-6-5-7-15-14(12)18/h5-7,9,11H,4,8,10H2,1-3H3. The predicted molar refractivity (Wildman–Crippen MR) is 75.3 cm³/mol. The average Bonchev–Trinajstić information content (AvgIpc) is 2.76. The number of hydrogen-bond acceptors (Lipinski definition) is 3. The molecular formula is C14H20N4O. The molecule has 0 spiro atoms. The summed E-state index contributed by atoms with van der Waals surface area (Å²) in [6, 6.07) is 6.16. The smallest absolute Gasteiger partial charge is 0.223 e. The molecule has 19 heavy (non-hydrogen) atoms. The van der Waals surface area contributed by atoms with E-state index in [0.29, 0.717) is 6.54 Å². The van der Waals surface area contributed by atoms with Crippen LogP contribution in [0.1, 0.15) is 19.0 Å². The number of carbonyl (C=O) groups excluding carboxylic acids is 1. The highest BCUT2D eigenvalue weighted by Gasteiger charge is 2.12. The van der Waals surface area contributed by atoms with Gasteiger partial charge in [-0.05, 0) is 24.6 Å². The Kier molecular flexibility index (Phi) is 4.16. The maximum absolute atomic E-state index is 10.8. The van der Waals surface area contributed by atoms with Gasteiger partial charge in [-0.2, -0.15) is 0 Å². The Hall–Kier alpha value is -1.88. The van der Waals surface area contributed by atoms with Gasteiger partial charge < -0.3 is 4.57 Å². The molecule has 0 bridgehead atoms. The van der Waals surface area contributed by atoms with Crippen molar-refractivity contribution < 1.29 is 4.79 Å². The lowest BCUT2D eigenvalue weighted by molar-refractivity contribution is -0.130. The van der Waals surface area contributed by atoms with E-state index >= 15 is 0 Å². The van der Waals surface area contributed by atoms with Crippen molar-refractivity contribution in [2.75, 3.05) is 14.1 Å². The molecule has 102 valence electrons. The summed E-state index contributed by atoms with van der Waals surface area (Å²) in [6.07, 6.45) is 3.69. The molecule has 2 aromatic rings. The quantitative estimate of drug-likeness (QED) is 0.588. The van der Waals surface area contributed by atoms with Crippen LogP contribution in [0.3, 0.4) is 0 Å². The molecule has 0 aliphatic heterocycles. The third kappa shape index (κ3) is 2.76. The van der Waals surface area contributed by atoms with Gasteiger partial charge in [0.05, 0.1) is 6.54 Å². The first-order valence-corrected chi connectivity index (χ1v) is 6.49. The zero-order valence-electron chi connectivity index (χ0n) is 11.7. The van der Waals surface area contributed by atoms with Crippen LogP contribution < -0.4 is 0 Å². The molecule has 2 aromatic heterocycles. The van der Waals surface area contributed by atoms with E-state index in [9.17, 15) is 4.79 Å². The average molecular weight is 260 g/mol. The van der Waals surface area contributed by atoms with Gasteiger partial charge in [0.1, 0.15) is 5.65 Å². The number of nitrogens with zero attached hydrogens (tertiary/aromatic N) is 4. The second-order valence-corrected chi connectivity index (χ2v) is 4.70. The van der Waals surface area contributed by atoms with Crippen molar-refractivity contribution in [3.63, 3.8) is 0 Å². The summed E-state index contributed by atoms with van der Waals surface area (Å²) in [7, 11) is 3.65. The Bertz CT molecular complexity index is 564. The number of amides is 1. The minimum atomic E-state index is 0.686. The van der Waals surface area contributed by atoms with E-state index in [4.69, 9.17) is 0 Å². The molecule has 0 unspecified atom stereocenters. The van der Waals surface area contributed by atoms with Crippen LogP contribution >= 0.6 is 0 Å². The van der Waals surface area contributed by atoms with Crippen molar-refractivity contribution in [3.05, 3.63) is 30.1 Å². The predicted octanol–water partition coefficient (Wildman–Crippen LogP) is 1.88. The van der Waals surface area contributed by atoms with Crippen LogP contribution in [0, 0.1) is 0 Å². The number of fused-ring (bicyclic) bond motifs is 1. The highest BCUT2D eigenvalue weighted by atomic mass is 16.1. The first-order valence-electron chi connectivity index (χ1n) is 6.49. The zero-order chi connectivity index (χ0) is 13.8. The number of carbonyl (C=O) groups is 1. The van der Waals surface area contributed by atoms with Gasteiger partial charge in [-0.15, -0.1) is 0 Å². The van der Waals surface area contributed by atoms with E-state index in [2.05, 4.69) is 28.6 Å². The van der Waals surface area contributed by atoms with Gasteiger partial charge in [-0.3, -0.25) is 9.80 Å². The minimum absolute atomic E-state index is 0.686. The Balaban J connectivity index is 2.36. The highest BCUT2D eigenvalue weighted by molar-refractivity contribution is 5.77. The van der Waals surface area contributed by atoms with E-state index in [1.165, 1.54) is 5.69 Å². The third-order valence-electron chi connectivity index (χ3n) is 3.27. The van der Waals surface area contributed by atoms with Crippen molar-refractivity contribution in [1.29, 1.82) is 0 Å². The number of rotatable bonds is 6. The van der Waals surface area contributed by atoms with Crippen molar-refractivity contribution in [2.24, 2.45) is 0 Å². The molecule has 0 N–H and O–H groups in total. The summed E-state index contributed by atoms with van der Waals surface area (Å²) in [6.45, 7) is 3.78. The molecule has 0 aliphatic rings. The molecule has 0 aliphatic carbocycles. The highest BCUT2D eigenvalue weighted by Crippen LogP contribution is 2.19. The fraction of sp³-hybridized carbons (Fsp3) is 0.429. The van der Waals surface area contributed by atoms with Gasteiger partial charge in [-0.25, -0.2) is 9.99 Å². The Morgan fingerprint density at radius 3 is 2.89 bits per heavy atom. The second kappa shape index (κ2) is 5.84. The Morgan fingerprint density at radius 2 is 2.21 bits per heavy atom. The first-order chi connectivity index (χ1) is 9.17. The lowest BCUT2D eigenvalue weighted by Crippen LogP contribution is -2.35. The number of hydrazine groups is 1. The van der Waals surface area contributed by atoms with E-state index in [1.807, 2.05) is 24.3 Å². The van der Waals surface area contributed by atoms with Crippen molar-refractivity contribution >= 4 is 17.4 Å². The number of aromatic nitrogens is 2. The van der Waals surface area contributed by atoms with Crippen molar-refractivity contribution in [3.8, 4) is 0 Å². The molecule has 0 aromatic carbocycles. The van der Waals surface area contributed by atoms with Crippen LogP contribution in [0.4, 0.5) is 0 Å². The molecule has 0 atom stereocenters. The molecule has 0 saturated heterocycles. The maximum atomic E-state index is 10.8. The van der Waals surface area contributed by atoms with Gasteiger partial charge in [0, 0.05) is 37.9 Å². The van der Waals surface area contributed by atoms with E-state index in [1.54, 1.807) is 12.1 Å². The van der Waals surface area contributed by atoms with Gasteiger partial charge in [-0.1, -0.05) is 6.92 Å². The van der Waals surface area contributed by atoms with Gasteiger partial charge in [0.2, 0.25) is 6.41 Å². The summed E-state index contributed by atoms with van der Waals surface area (Å²) in [5, 5.41) is 4.57. The first kappa shape index (κ1) is 13.5. The molecule has 5 nitrogen and oxygen atoms in total. The normalized spacial score (nSPS) is 11.2. The largest absolute Gasteiger partial charge is 0.328 e. The summed E-state index contributed by atoms with van der Waals surface area (Å²) < 4.78 is 2.23. The van der Waals surface area contributed by atoms with E-state index < -0.39 is 0 Å². The summed E-state index contributed by atoms with van der Waals surface area (Å²) in [4.78, 5) is 15.2. The number of pyridine rings is 1. The Morgan fingerprint density at radius 1 is 1.42 bits per heavy atom. The molecule has 5 heteroatoms. The number of aryl methyl sites for hydroxylation is 1. The van der Waals surface area contributed by atoms with Crippen LogP contribution in [-0.2, 0) is 17.9 Å². The summed E-state index contributed by atoms with van der Waals surface area (Å²) in [5.41, 5.74) is 2.19. The van der Waals surface area contributed by atoms with Crippen LogP contribution in [0.25, 0.3) is 11.0 Å². The molecule has 2 heterocycles. The molecule has 0 radical (unpaired) electrons. The third-order valence-corrected chi connectivity index (χ3v) is 3.27. The van der Waals surface area contributed by atoms with Gasteiger partial charge in [0.25, 0.3) is 0 Å². The van der Waals surface area contributed by atoms with Gasteiger partial charge >= 0.3 is 0 Å². The van der Waals surface area contributed by atoms with E-state index in [0.717, 1.165) is 30.4 Å². The lowest BCUT2D eigenvalue weighted by Gasteiger charge is -2.24. The summed E-state index contributed by atoms with van der Waals surface area (Å²) >= 11 is 0. The Labute approximate surface area is 113 Å². The summed E-state index contributed by atoms with van der Waals surface area (Å²) in [5.74, 6) is 0. The topological polar surface area (TPSA) is 41.4 Å². The fourth-order valence-electron chi connectivity index (χ4n) is 2.17. The molecule has 1 amide bonds. The van der Waals surface area contributed by atoms with Gasteiger partial charge in [0.15, 0.2) is 0 Å². The fourth-order valence-corrected chi connectivity index (χ4v) is 2.17. The molecule has 2 rings (SSSR count). The SMILES string of the molecule is CCCn1c(CN(C)N(C)C=O)cc2cccnc21. The minimum Gasteiger partial charge on any atom is -0.328 e. The number of hydrogen-bond donors (Lipinski definition) is 0. The lowest BCUT2D eigenvalue weighted by atomic mass is 10.3. The van der Waals surface area contributed by atoms with Crippen LogP contribution in [-0.4, -0.2) is 40.1 Å². The monoisotopic (exact) mass is 260 g/mol. The van der Waals surface area contributed by atoms with Crippen LogP contribution in [0.5, 0.6) is 0 Å². The van der Waals surface area contributed by atoms with E-state index in [-0.39, 0.29) is 0 Å². The van der Waals surface area contributed by atoms with Crippen molar-refractivity contribution in [2.45, 2.75) is 26.4 Å². The van der Waals surface area contributed by atoms with Crippen molar-refractivity contribution in [1.82, 2.24) is 19.6 Å².